The van der Waals surface area contributed by atoms with Crippen LogP contribution in [0.4, 0.5) is 5.69 Å². The van der Waals surface area contributed by atoms with E-state index in [4.69, 9.17) is 9.47 Å². The standard InChI is InChI=1S/C21H22N2O4S2/c1-26-18-8-4-3-6-15(18)12-23(13-16-7-5-10-28-16)14-19(24)22-17-9-11-29-20(17)21(25)27-2/h3-11H,12-14H2,1-2H3,(H,22,24). The lowest BCUT2D eigenvalue weighted by molar-refractivity contribution is -0.117. The molecule has 0 radical (unpaired) electrons. The summed E-state index contributed by atoms with van der Waals surface area (Å²) in [7, 11) is 2.96. The van der Waals surface area contributed by atoms with Crippen LogP contribution in [0.3, 0.4) is 0 Å². The van der Waals surface area contributed by atoms with Crippen LogP contribution in [0.25, 0.3) is 0 Å². The largest absolute Gasteiger partial charge is 0.496 e. The molecule has 0 unspecified atom stereocenters. The summed E-state index contributed by atoms with van der Waals surface area (Å²) in [5.41, 5.74) is 1.48. The van der Waals surface area contributed by atoms with Crippen LogP contribution in [0.5, 0.6) is 5.75 Å². The lowest BCUT2D eigenvalue weighted by Gasteiger charge is -2.22. The van der Waals surface area contributed by atoms with Gasteiger partial charge in [0.15, 0.2) is 0 Å². The zero-order valence-corrected chi connectivity index (χ0v) is 17.8. The van der Waals surface area contributed by atoms with Crippen molar-refractivity contribution in [2.75, 3.05) is 26.1 Å². The highest BCUT2D eigenvalue weighted by Gasteiger charge is 2.18. The number of para-hydroxylation sites is 1. The van der Waals surface area contributed by atoms with E-state index in [1.54, 1.807) is 29.9 Å². The van der Waals surface area contributed by atoms with Gasteiger partial charge in [-0.2, -0.15) is 0 Å². The molecule has 3 rings (SSSR count). The number of methoxy groups -OCH3 is 2. The fourth-order valence-electron chi connectivity index (χ4n) is 2.92. The zero-order valence-electron chi connectivity index (χ0n) is 16.2. The Hall–Kier alpha value is -2.68. The average Bonchev–Trinajstić information content (AvgIpc) is 3.39. The van der Waals surface area contributed by atoms with Crippen molar-refractivity contribution in [2.24, 2.45) is 0 Å². The molecule has 0 aliphatic rings. The number of esters is 1. The Morgan fingerprint density at radius 1 is 1.00 bits per heavy atom. The van der Waals surface area contributed by atoms with E-state index in [9.17, 15) is 9.59 Å². The molecule has 152 valence electrons. The van der Waals surface area contributed by atoms with Gasteiger partial charge >= 0.3 is 5.97 Å². The lowest BCUT2D eigenvalue weighted by atomic mass is 10.2. The number of hydrogen-bond acceptors (Lipinski definition) is 7. The maximum atomic E-state index is 12.7. The van der Waals surface area contributed by atoms with Gasteiger partial charge < -0.3 is 14.8 Å². The van der Waals surface area contributed by atoms with E-state index in [1.807, 2.05) is 46.7 Å². The second kappa shape index (κ2) is 10.2. The SMILES string of the molecule is COC(=O)c1sccc1NC(=O)CN(Cc1cccs1)Cc1ccccc1OC. The van der Waals surface area contributed by atoms with Crippen molar-refractivity contribution in [1.82, 2.24) is 4.90 Å². The van der Waals surface area contributed by atoms with E-state index < -0.39 is 5.97 Å². The summed E-state index contributed by atoms with van der Waals surface area (Å²) in [5.74, 6) is 0.134. The minimum Gasteiger partial charge on any atom is -0.496 e. The number of rotatable bonds is 9. The van der Waals surface area contributed by atoms with Crippen molar-refractivity contribution in [3.8, 4) is 5.75 Å². The maximum absolute atomic E-state index is 12.7. The van der Waals surface area contributed by atoms with E-state index in [-0.39, 0.29) is 12.5 Å². The first-order valence-corrected chi connectivity index (χ1v) is 10.7. The quantitative estimate of drug-likeness (QED) is 0.514. The monoisotopic (exact) mass is 430 g/mol. The Morgan fingerprint density at radius 3 is 2.55 bits per heavy atom. The summed E-state index contributed by atoms with van der Waals surface area (Å²) in [5, 5.41) is 6.60. The Bertz CT molecular complexity index is 953. The number of carbonyl (C=O) groups excluding carboxylic acids is 2. The molecule has 1 N–H and O–H groups in total. The van der Waals surface area contributed by atoms with Crippen LogP contribution < -0.4 is 10.1 Å². The number of nitrogens with one attached hydrogen (secondary N) is 1. The molecule has 0 atom stereocenters. The first-order chi connectivity index (χ1) is 14.1. The van der Waals surface area contributed by atoms with Gasteiger partial charge in [0, 0.05) is 23.5 Å². The molecule has 29 heavy (non-hydrogen) atoms. The molecule has 8 heteroatoms. The first-order valence-electron chi connectivity index (χ1n) is 8.93. The summed E-state index contributed by atoms with van der Waals surface area (Å²) in [6, 6.07) is 13.5. The van der Waals surface area contributed by atoms with Gasteiger partial charge in [0.2, 0.25) is 5.91 Å². The van der Waals surface area contributed by atoms with Crippen LogP contribution >= 0.6 is 22.7 Å². The summed E-state index contributed by atoms with van der Waals surface area (Å²) in [4.78, 5) is 28.2. The number of nitrogens with zero attached hydrogens (tertiary/aromatic N) is 1. The second-order valence-corrected chi connectivity index (χ2v) is 8.19. The van der Waals surface area contributed by atoms with Crippen LogP contribution in [0, 0.1) is 0 Å². The minimum absolute atomic E-state index is 0.173. The third kappa shape index (κ3) is 5.66. The van der Waals surface area contributed by atoms with Crippen molar-refractivity contribution < 1.29 is 19.1 Å². The van der Waals surface area contributed by atoms with Gasteiger partial charge in [0.05, 0.1) is 26.5 Å². The van der Waals surface area contributed by atoms with Crippen LogP contribution in [0.1, 0.15) is 20.1 Å². The van der Waals surface area contributed by atoms with Crippen molar-refractivity contribution in [1.29, 1.82) is 0 Å². The van der Waals surface area contributed by atoms with E-state index in [1.165, 1.54) is 23.3 Å². The molecule has 0 aliphatic heterocycles. The van der Waals surface area contributed by atoms with E-state index >= 15 is 0 Å². The van der Waals surface area contributed by atoms with Crippen molar-refractivity contribution in [2.45, 2.75) is 13.1 Å². The van der Waals surface area contributed by atoms with Crippen molar-refractivity contribution in [3.63, 3.8) is 0 Å². The normalized spacial score (nSPS) is 10.7. The minimum atomic E-state index is -0.459. The number of carbonyl (C=O) groups is 2. The molecule has 1 aromatic carbocycles. The number of ether oxygens (including phenoxy) is 2. The Labute approximate surface area is 177 Å². The van der Waals surface area contributed by atoms with Gasteiger partial charge in [0.25, 0.3) is 0 Å². The van der Waals surface area contributed by atoms with Crippen LogP contribution in [-0.2, 0) is 22.6 Å². The van der Waals surface area contributed by atoms with Crippen LogP contribution in [0.2, 0.25) is 0 Å². The summed E-state index contributed by atoms with van der Waals surface area (Å²) < 4.78 is 10.2. The van der Waals surface area contributed by atoms with Gasteiger partial charge in [0.1, 0.15) is 10.6 Å². The highest BCUT2D eigenvalue weighted by Crippen LogP contribution is 2.24. The number of hydrogen-bond donors (Lipinski definition) is 1. The number of amides is 1. The van der Waals surface area contributed by atoms with Gasteiger partial charge in [-0.3, -0.25) is 9.69 Å². The summed E-state index contributed by atoms with van der Waals surface area (Å²) in [6.07, 6.45) is 0. The predicted octanol–water partition coefficient (Wildman–Crippen LogP) is 4.25. The Morgan fingerprint density at radius 2 is 1.83 bits per heavy atom. The lowest BCUT2D eigenvalue weighted by Crippen LogP contribution is -2.32. The molecule has 0 saturated carbocycles. The number of anilines is 1. The number of thiophene rings is 2. The third-order valence-electron chi connectivity index (χ3n) is 4.22. The fourth-order valence-corrected chi connectivity index (χ4v) is 4.43. The highest BCUT2D eigenvalue weighted by molar-refractivity contribution is 7.12. The molecule has 1 amide bonds. The number of benzene rings is 1. The molecule has 2 aromatic heterocycles. The molecule has 0 fully saturated rings. The molecule has 0 aliphatic carbocycles. The molecule has 0 saturated heterocycles. The Kier molecular flexibility index (Phi) is 7.40. The summed E-state index contributed by atoms with van der Waals surface area (Å²) in [6.45, 7) is 1.37. The molecule has 2 heterocycles. The maximum Gasteiger partial charge on any atom is 0.350 e. The zero-order chi connectivity index (χ0) is 20.6. The highest BCUT2D eigenvalue weighted by atomic mass is 32.1. The molecular weight excluding hydrogens is 408 g/mol. The molecular formula is C21H22N2O4S2. The van der Waals surface area contributed by atoms with Crippen LogP contribution in [0.15, 0.2) is 53.2 Å². The van der Waals surface area contributed by atoms with E-state index in [0.717, 1.165) is 11.3 Å². The Balaban J connectivity index is 1.73. The third-order valence-corrected chi connectivity index (χ3v) is 5.98. The van der Waals surface area contributed by atoms with Crippen molar-refractivity contribution >= 4 is 40.2 Å². The fraction of sp³-hybridized carbons (Fsp3) is 0.238. The van der Waals surface area contributed by atoms with Gasteiger partial charge in [-0.05, 0) is 29.0 Å². The summed E-state index contributed by atoms with van der Waals surface area (Å²) >= 11 is 2.89. The molecule has 0 bridgehead atoms. The topological polar surface area (TPSA) is 67.9 Å². The van der Waals surface area contributed by atoms with E-state index in [2.05, 4.69) is 5.32 Å². The molecule has 3 aromatic rings. The van der Waals surface area contributed by atoms with Gasteiger partial charge in [-0.25, -0.2) is 4.79 Å². The average molecular weight is 431 g/mol. The van der Waals surface area contributed by atoms with Crippen LogP contribution in [-0.4, -0.2) is 37.5 Å². The first kappa shape index (κ1) is 21.0. The second-order valence-electron chi connectivity index (χ2n) is 6.24. The van der Waals surface area contributed by atoms with E-state index in [0.29, 0.717) is 23.7 Å². The predicted molar refractivity (Wildman–Crippen MR) is 116 cm³/mol. The smallest absolute Gasteiger partial charge is 0.350 e. The van der Waals surface area contributed by atoms with Crippen molar-refractivity contribution in [3.05, 3.63) is 68.5 Å². The van der Waals surface area contributed by atoms with Gasteiger partial charge in [-0.15, -0.1) is 22.7 Å². The van der Waals surface area contributed by atoms with Gasteiger partial charge in [-0.1, -0.05) is 24.3 Å². The molecule has 0 spiro atoms. The molecule has 6 nitrogen and oxygen atoms in total.